The van der Waals surface area contributed by atoms with Gasteiger partial charge in [0.2, 0.25) is 5.82 Å². The van der Waals surface area contributed by atoms with Gasteiger partial charge in [0.25, 0.3) is 0 Å². The van der Waals surface area contributed by atoms with Gasteiger partial charge >= 0.3 is 12.8 Å². The molecule has 0 aliphatic carbocycles. The van der Waals surface area contributed by atoms with E-state index in [2.05, 4.69) is 0 Å². The highest BCUT2D eigenvalue weighted by Crippen LogP contribution is 2.15. The highest BCUT2D eigenvalue weighted by Gasteiger charge is 2.24. The molecule has 0 saturated carbocycles. The van der Waals surface area contributed by atoms with Crippen molar-refractivity contribution in [3.05, 3.63) is 33.9 Å². The highest BCUT2D eigenvalue weighted by atomic mass is 19.1. The monoisotopic (exact) mass is 203 g/mol. The van der Waals surface area contributed by atoms with Crippen LogP contribution in [0, 0.1) is 21.7 Å². The molecule has 1 aromatic carbocycles. The summed E-state index contributed by atoms with van der Waals surface area (Å²) in [5.74, 6) is -2.61. The van der Waals surface area contributed by atoms with Crippen LogP contribution in [0.15, 0.2) is 12.1 Å². The van der Waals surface area contributed by atoms with Crippen LogP contribution in [0.1, 0.15) is 0 Å². The lowest BCUT2D eigenvalue weighted by Gasteiger charge is -2.01. The maximum Gasteiger partial charge on any atom is 0.491 e. The maximum atomic E-state index is 12.8. The van der Waals surface area contributed by atoms with Crippen molar-refractivity contribution in [1.82, 2.24) is 0 Å². The SMILES string of the molecule is O=[N+]([O-])c1cc(B(O)O)c(F)cc1F. The van der Waals surface area contributed by atoms with Crippen molar-refractivity contribution in [2.75, 3.05) is 0 Å². The normalized spacial score (nSPS) is 10.0. The molecule has 0 amide bonds. The first kappa shape index (κ1) is 10.5. The van der Waals surface area contributed by atoms with Crippen LogP contribution >= 0.6 is 0 Å². The van der Waals surface area contributed by atoms with E-state index in [1.54, 1.807) is 0 Å². The molecule has 0 saturated heterocycles. The largest absolute Gasteiger partial charge is 0.491 e. The Kier molecular flexibility index (Phi) is 2.77. The van der Waals surface area contributed by atoms with E-state index in [1.165, 1.54) is 0 Å². The van der Waals surface area contributed by atoms with Gasteiger partial charge in [0.05, 0.1) is 4.92 Å². The number of hydrogen-bond acceptors (Lipinski definition) is 4. The molecule has 1 aromatic rings. The minimum atomic E-state index is -2.21. The fourth-order valence-electron chi connectivity index (χ4n) is 0.891. The van der Waals surface area contributed by atoms with Crippen LogP contribution < -0.4 is 5.46 Å². The minimum Gasteiger partial charge on any atom is -0.423 e. The van der Waals surface area contributed by atoms with Crippen molar-refractivity contribution < 1.29 is 23.8 Å². The topological polar surface area (TPSA) is 83.6 Å². The van der Waals surface area contributed by atoms with Crippen LogP contribution in [0.4, 0.5) is 14.5 Å². The van der Waals surface area contributed by atoms with Crippen LogP contribution in [0.3, 0.4) is 0 Å². The molecule has 0 unspecified atom stereocenters. The first-order valence-electron chi connectivity index (χ1n) is 3.43. The number of nitrogens with zero attached hydrogens (tertiary/aromatic N) is 1. The second kappa shape index (κ2) is 3.68. The number of nitro benzene ring substituents is 1. The van der Waals surface area contributed by atoms with Gasteiger partial charge in [-0.2, -0.15) is 4.39 Å². The zero-order valence-corrected chi connectivity index (χ0v) is 6.65. The molecule has 74 valence electrons. The Bertz CT molecular complexity index is 384. The Balaban J connectivity index is 3.34. The van der Waals surface area contributed by atoms with E-state index in [9.17, 15) is 18.9 Å². The Hall–Kier alpha value is -1.54. The molecule has 0 fully saturated rings. The highest BCUT2D eigenvalue weighted by molar-refractivity contribution is 6.58. The quantitative estimate of drug-likeness (QED) is 0.387. The second-order valence-corrected chi connectivity index (χ2v) is 2.46. The van der Waals surface area contributed by atoms with Gasteiger partial charge < -0.3 is 10.0 Å². The van der Waals surface area contributed by atoms with E-state index in [4.69, 9.17) is 10.0 Å². The van der Waals surface area contributed by atoms with Gasteiger partial charge in [0.15, 0.2) is 0 Å². The summed E-state index contributed by atoms with van der Waals surface area (Å²) in [6.07, 6.45) is 0. The van der Waals surface area contributed by atoms with Crippen LogP contribution in [0.5, 0.6) is 0 Å². The lowest BCUT2D eigenvalue weighted by molar-refractivity contribution is -0.387. The number of hydrogen-bond donors (Lipinski definition) is 2. The molecular formula is C6H4BF2NO4. The Labute approximate surface area is 76.9 Å². The minimum absolute atomic E-state index is 0.229. The van der Waals surface area contributed by atoms with Gasteiger partial charge in [-0.1, -0.05) is 0 Å². The molecule has 0 aromatic heterocycles. The predicted octanol–water partition coefficient (Wildman–Crippen LogP) is -0.447. The average molecular weight is 203 g/mol. The standard InChI is InChI=1S/C6H4BF2NO4/c8-4-2-5(9)6(10(13)14)1-3(4)7(11)12/h1-2,11-12H. The van der Waals surface area contributed by atoms with Gasteiger partial charge in [-0.05, 0) is 0 Å². The molecule has 0 atom stereocenters. The average Bonchev–Trinajstić information content (AvgIpc) is 2.02. The summed E-state index contributed by atoms with van der Waals surface area (Å²) in [6.45, 7) is 0. The molecule has 0 aliphatic heterocycles. The van der Waals surface area contributed by atoms with E-state index < -0.39 is 34.8 Å². The second-order valence-electron chi connectivity index (χ2n) is 2.46. The third-order valence-electron chi connectivity index (χ3n) is 1.54. The van der Waals surface area contributed by atoms with Crippen LogP contribution in [0.2, 0.25) is 0 Å². The van der Waals surface area contributed by atoms with Crippen molar-refractivity contribution in [1.29, 1.82) is 0 Å². The summed E-state index contributed by atoms with van der Waals surface area (Å²) in [7, 11) is -2.21. The molecule has 0 spiro atoms. The van der Waals surface area contributed by atoms with Gasteiger partial charge in [-0.3, -0.25) is 10.1 Å². The fourth-order valence-corrected chi connectivity index (χ4v) is 0.891. The summed E-state index contributed by atoms with van der Waals surface area (Å²) >= 11 is 0. The lowest BCUT2D eigenvalue weighted by atomic mass is 9.79. The third kappa shape index (κ3) is 1.86. The first-order valence-corrected chi connectivity index (χ1v) is 3.43. The van der Waals surface area contributed by atoms with Gasteiger partial charge in [-0.25, -0.2) is 4.39 Å². The fraction of sp³-hybridized carbons (Fsp3) is 0. The van der Waals surface area contributed by atoms with E-state index in [0.717, 1.165) is 0 Å². The summed E-state index contributed by atoms with van der Waals surface area (Å²) in [6, 6.07) is 0.669. The summed E-state index contributed by atoms with van der Waals surface area (Å²) in [5.41, 5.74) is -1.74. The predicted molar refractivity (Wildman–Crippen MR) is 42.8 cm³/mol. The number of benzene rings is 1. The molecular weight excluding hydrogens is 199 g/mol. The summed E-state index contributed by atoms with van der Waals surface area (Å²) < 4.78 is 25.5. The van der Waals surface area contributed by atoms with Crippen LogP contribution in [0.25, 0.3) is 0 Å². The number of nitro groups is 1. The first-order chi connectivity index (χ1) is 6.43. The van der Waals surface area contributed by atoms with Gasteiger partial charge in [0.1, 0.15) is 5.82 Å². The summed E-state index contributed by atoms with van der Waals surface area (Å²) in [5, 5.41) is 27.3. The number of rotatable bonds is 2. The van der Waals surface area contributed by atoms with Crippen LogP contribution in [-0.2, 0) is 0 Å². The Morgan fingerprint density at radius 3 is 2.29 bits per heavy atom. The molecule has 1 rings (SSSR count). The van der Waals surface area contributed by atoms with Gasteiger partial charge in [0, 0.05) is 17.6 Å². The smallest absolute Gasteiger partial charge is 0.423 e. The molecule has 2 N–H and O–H groups in total. The molecule has 0 bridgehead atoms. The molecule has 14 heavy (non-hydrogen) atoms. The molecule has 8 heteroatoms. The maximum absolute atomic E-state index is 12.8. The molecule has 0 aliphatic rings. The summed E-state index contributed by atoms with van der Waals surface area (Å²) in [4.78, 5) is 9.11. The van der Waals surface area contributed by atoms with Crippen LogP contribution in [-0.4, -0.2) is 22.1 Å². The number of halogens is 2. The van der Waals surface area contributed by atoms with Crippen molar-refractivity contribution in [3.8, 4) is 0 Å². The van der Waals surface area contributed by atoms with E-state index in [0.29, 0.717) is 6.07 Å². The molecule has 0 radical (unpaired) electrons. The van der Waals surface area contributed by atoms with Crippen molar-refractivity contribution in [2.45, 2.75) is 0 Å². The molecule has 5 nitrogen and oxygen atoms in total. The Morgan fingerprint density at radius 1 is 1.29 bits per heavy atom. The third-order valence-corrected chi connectivity index (χ3v) is 1.54. The molecule has 0 heterocycles. The van der Waals surface area contributed by atoms with Crippen molar-refractivity contribution >= 4 is 18.3 Å². The van der Waals surface area contributed by atoms with Crippen molar-refractivity contribution in [3.63, 3.8) is 0 Å². The van der Waals surface area contributed by atoms with E-state index in [-0.39, 0.29) is 6.07 Å². The zero-order valence-electron chi connectivity index (χ0n) is 6.65. The lowest BCUT2D eigenvalue weighted by Crippen LogP contribution is -2.33. The van der Waals surface area contributed by atoms with E-state index in [1.807, 2.05) is 0 Å². The zero-order chi connectivity index (χ0) is 10.9. The van der Waals surface area contributed by atoms with Crippen molar-refractivity contribution in [2.24, 2.45) is 0 Å². The van der Waals surface area contributed by atoms with E-state index >= 15 is 0 Å². The van der Waals surface area contributed by atoms with Gasteiger partial charge in [-0.15, -0.1) is 0 Å². The Morgan fingerprint density at radius 2 is 1.86 bits per heavy atom.